The van der Waals surface area contributed by atoms with Crippen LogP contribution in [0.5, 0.6) is 5.75 Å². The van der Waals surface area contributed by atoms with E-state index in [1.165, 1.54) is 19.2 Å². The molecule has 21 heavy (non-hydrogen) atoms. The van der Waals surface area contributed by atoms with Crippen LogP contribution in [0.2, 0.25) is 0 Å². The van der Waals surface area contributed by atoms with Crippen molar-refractivity contribution in [2.45, 2.75) is 6.92 Å². The average molecular weight is 417 g/mol. The summed E-state index contributed by atoms with van der Waals surface area (Å²) in [5.74, 6) is -0.366. The third kappa shape index (κ3) is 3.44. The summed E-state index contributed by atoms with van der Waals surface area (Å²) >= 11 is 6.46. The second kappa shape index (κ2) is 6.58. The first-order valence-corrected chi connectivity index (χ1v) is 7.62. The smallest absolute Gasteiger partial charge is 0.257 e. The lowest BCUT2D eigenvalue weighted by Crippen LogP contribution is -2.14. The zero-order chi connectivity index (χ0) is 15.6. The van der Waals surface area contributed by atoms with Crippen molar-refractivity contribution in [2.75, 3.05) is 12.4 Å². The van der Waals surface area contributed by atoms with E-state index >= 15 is 0 Å². The molecule has 1 amide bonds. The number of carbonyl (C=O) groups is 1. The fourth-order valence-electron chi connectivity index (χ4n) is 1.89. The first-order valence-electron chi connectivity index (χ1n) is 6.03. The Balaban J connectivity index is 2.38. The lowest BCUT2D eigenvalue weighted by molar-refractivity contribution is 0.102. The molecule has 110 valence electrons. The number of hydrogen-bond acceptors (Lipinski definition) is 2. The van der Waals surface area contributed by atoms with Gasteiger partial charge in [0, 0.05) is 4.47 Å². The molecule has 2 aromatic carbocycles. The van der Waals surface area contributed by atoms with Gasteiger partial charge in [-0.25, -0.2) is 4.39 Å². The Morgan fingerprint density at radius 2 is 2.00 bits per heavy atom. The third-order valence-corrected chi connectivity index (χ3v) is 4.18. The molecule has 3 nitrogen and oxygen atoms in total. The molecule has 0 aliphatic rings. The van der Waals surface area contributed by atoms with Crippen LogP contribution >= 0.6 is 31.9 Å². The number of anilines is 1. The number of ether oxygens (including phenoxy) is 1. The number of carbonyl (C=O) groups excluding carboxylic acids is 1. The van der Waals surface area contributed by atoms with Crippen molar-refractivity contribution in [3.05, 3.63) is 56.2 Å². The standard InChI is InChI=1S/C15H12Br2FNO2/c1-8-6-9(16)7-12(21-2)14(8)19-15(20)10-4-3-5-11(18)13(10)17/h3-7H,1-2H3,(H,19,20). The van der Waals surface area contributed by atoms with Crippen molar-refractivity contribution in [1.29, 1.82) is 0 Å². The number of aryl methyl sites for hydroxylation is 1. The van der Waals surface area contributed by atoms with Crippen LogP contribution < -0.4 is 10.1 Å². The molecule has 0 aromatic heterocycles. The molecule has 0 bridgehead atoms. The maximum atomic E-state index is 13.5. The largest absolute Gasteiger partial charge is 0.495 e. The van der Waals surface area contributed by atoms with E-state index in [1.807, 2.05) is 13.0 Å². The lowest BCUT2D eigenvalue weighted by Gasteiger charge is -2.14. The Kier molecular flexibility index (Phi) is 5.00. The van der Waals surface area contributed by atoms with Crippen LogP contribution in [0, 0.1) is 12.7 Å². The minimum absolute atomic E-state index is 0.135. The van der Waals surface area contributed by atoms with Crippen LogP contribution in [0.1, 0.15) is 15.9 Å². The van der Waals surface area contributed by atoms with Crippen LogP contribution in [0.15, 0.2) is 39.3 Å². The van der Waals surface area contributed by atoms with Gasteiger partial charge < -0.3 is 10.1 Å². The summed E-state index contributed by atoms with van der Waals surface area (Å²) in [5, 5.41) is 2.76. The van der Waals surface area contributed by atoms with Crippen LogP contribution in [0.25, 0.3) is 0 Å². The van der Waals surface area contributed by atoms with Crippen molar-refractivity contribution in [3.63, 3.8) is 0 Å². The Morgan fingerprint density at radius 3 is 2.67 bits per heavy atom. The third-order valence-electron chi connectivity index (χ3n) is 2.92. The molecule has 0 fully saturated rings. The summed E-state index contributed by atoms with van der Waals surface area (Å²) in [6, 6.07) is 7.93. The monoisotopic (exact) mass is 415 g/mol. The van der Waals surface area contributed by atoms with E-state index in [1.54, 1.807) is 12.1 Å². The fourth-order valence-corrected chi connectivity index (χ4v) is 2.89. The molecule has 0 radical (unpaired) electrons. The van der Waals surface area contributed by atoms with Gasteiger partial charge in [0.1, 0.15) is 11.6 Å². The van der Waals surface area contributed by atoms with E-state index in [0.717, 1.165) is 10.0 Å². The quantitative estimate of drug-likeness (QED) is 0.771. The number of amides is 1. The van der Waals surface area contributed by atoms with E-state index in [4.69, 9.17) is 4.74 Å². The molecule has 0 heterocycles. The van der Waals surface area contributed by atoms with Crippen LogP contribution in [0.4, 0.5) is 10.1 Å². The van der Waals surface area contributed by atoms with E-state index in [2.05, 4.69) is 37.2 Å². The van der Waals surface area contributed by atoms with Gasteiger partial charge in [0.05, 0.1) is 22.8 Å². The fraction of sp³-hybridized carbons (Fsp3) is 0.133. The number of methoxy groups -OCH3 is 1. The Labute approximate surface area is 138 Å². The van der Waals surface area contributed by atoms with E-state index in [0.29, 0.717) is 11.4 Å². The van der Waals surface area contributed by atoms with E-state index < -0.39 is 11.7 Å². The first-order chi connectivity index (χ1) is 9.93. The van der Waals surface area contributed by atoms with E-state index in [-0.39, 0.29) is 10.0 Å². The number of nitrogens with one attached hydrogen (secondary N) is 1. The van der Waals surface area contributed by atoms with Crippen molar-refractivity contribution < 1.29 is 13.9 Å². The molecule has 0 unspecified atom stereocenters. The second-order valence-electron chi connectivity index (χ2n) is 4.36. The number of benzene rings is 2. The van der Waals surface area contributed by atoms with Crippen LogP contribution in [-0.2, 0) is 0 Å². The maximum absolute atomic E-state index is 13.5. The van der Waals surface area contributed by atoms with Crippen molar-refractivity contribution in [2.24, 2.45) is 0 Å². The van der Waals surface area contributed by atoms with Gasteiger partial charge in [-0.2, -0.15) is 0 Å². The highest BCUT2D eigenvalue weighted by Gasteiger charge is 2.16. The highest BCUT2D eigenvalue weighted by atomic mass is 79.9. The molecule has 0 aliphatic heterocycles. The van der Waals surface area contributed by atoms with E-state index in [9.17, 15) is 9.18 Å². The minimum Gasteiger partial charge on any atom is -0.495 e. The highest BCUT2D eigenvalue weighted by molar-refractivity contribution is 9.10. The number of halogens is 3. The molecule has 2 aromatic rings. The zero-order valence-electron chi connectivity index (χ0n) is 11.3. The molecule has 0 spiro atoms. The van der Waals surface area contributed by atoms with Gasteiger partial charge >= 0.3 is 0 Å². The molecule has 6 heteroatoms. The van der Waals surface area contributed by atoms with Gasteiger partial charge in [-0.05, 0) is 52.7 Å². The maximum Gasteiger partial charge on any atom is 0.257 e. The summed E-state index contributed by atoms with van der Waals surface area (Å²) in [6.45, 7) is 1.85. The van der Waals surface area contributed by atoms with Gasteiger partial charge in [0.15, 0.2) is 0 Å². The van der Waals surface area contributed by atoms with Crippen molar-refractivity contribution in [1.82, 2.24) is 0 Å². The lowest BCUT2D eigenvalue weighted by atomic mass is 10.1. The first kappa shape index (κ1) is 16.0. The predicted octanol–water partition coefficient (Wildman–Crippen LogP) is 4.92. The summed E-state index contributed by atoms with van der Waals surface area (Å²) in [5.41, 5.74) is 1.61. The Bertz CT molecular complexity index is 704. The minimum atomic E-state index is -0.484. The van der Waals surface area contributed by atoms with Gasteiger partial charge in [0.25, 0.3) is 5.91 Å². The second-order valence-corrected chi connectivity index (χ2v) is 6.06. The molecule has 2 rings (SSSR count). The summed E-state index contributed by atoms with van der Waals surface area (Å²) in [6.07, 6.45) is 0. The normalized spacial score (nSPS) is 10.3. The molecule has 0 aliphatic carbocycles. The van der Waals surface area contributed by atoms with Crippen LogP contribution in [0.3, 0.4) is 0 Å². The predicted molar refractivity (Wildman–Crippen MR) is 87.5 cm³/mol. The number of rotatable bonds is 3. The van der Waals surface area contributed by atoms with Gasteiger partial charge in [-0.15, -0.1) is 0 Å². The Morgan fingerprint density at radius 1 is 1.29 bits per heavy atom. The topological polar surface area (TPSA) is 38.3 Å². The van der Waals surface area contributed by atoms with Gasteiger partial charge in [-0.1, -0.05) is 22.0 Å². The van der Waals surface area contributed by atoms with Crippen molar-refractivity contribution >= 4 is 43.5 Å². The van der Waals surface area contributed by atoms with Gasteiger partial charge in [-0.3, -0.25) is 4.79 Å². The number of hydrogen-bond donors (Lipinski definition) is 1. The average Bonchev–Trinajstić information content (AvgIpc) is 2.44. The molecule has 0 saturated heterocycles. The Hall–Kier alpha value is -1.40. The molecule has 0 saturated carbocycles. The summed E-state index contributed by atoms with van der Waals surface area (Å²) in [7, 11) is 1.52. The summed E-state index contributed by atoms with van der Waals surface area (Å²) < 4.78 is 19.7. The molecular formula is C15H12Br2FNO2. The highest BCUT2D eigenvalue weighted by Crippen LogP contribution is 2.33. The summed E-state index contributed by atoms with van der Waals surface area (Å²) in [4.78, 5) is 12.3. The molecule has 1 N–H and O–H groups in total. The van der Waals surface area contributed by atoms with Crippen molar-refractivity contribution in [3.8, 4) is 5.75 Å². The van der Waals surface area contributed by atoms with Crippen LogP contribution in [-0.4, -0.2) is 13.0 Å². The SMILES string of the molecule is COc1cc(Br)cc(C)c1NC(=O)c1cccc(F)c1Br. The molecule has 0 atom stereocenters. The van der Waals surface area contributed by atoms with Gasteiger partial charge in [0.2, 0.25) is 0 Å². The zero-order valence-corrected chi connectivity index (χ0v) is 14.5. The molecular weight excluding hydrogens is 405 g/mol.